The van der Waals surface area contributed by atoms with Gasteiger partial charge in [-0.25, -0.2) is 18.4 Å². The number of carbonyl (C=O) groups excluding carboxylic acids is 1. The van der Waals surface area contributed by atoms with Gasteiger partial charge >= 0.3 is 0 Å². The fourth-order valence-corrected chi connectivity index (χ4v) is 4.56. The van der Waals surface area contributed by atoms with Crippen LogP contribution < -0.4 is 10.2 Å². The van der Waals surface area contributed by atoms with Crippen LogP contribution in [0, 0.1) is 6.92 Å². The van der Waals surface area contributed by atoms with Crippen LogP contribution >= 0.6 is 0 Å². The lowest BCUT2D eigenvalue weighted by Crippen LogP contribution is -2.34. The zero-order valence-electron chi connectivity index (χ0n) is 14.1. The van der Waals surface area contributed by atoms with Crippen LogP contribution in [0.2, 0.25) is 0 Å². The highest BCUT2D eigenvalue weighted by molar-refractivity contribution is 7.91. The normalized spacial score (nSPS) is 18.7. The first-order valence-electron chi connectivity index (χ1n) is 7.99. The number of rotatable bonds is 4. The molecule has 0 bridgehead atoms. The van der Waals surface area contributed by atoms with Gasteiger partial charge in [0.1, 0.15) is 5.69 Å². The Hall–Kier alpha value is -2.48. The number of sulfone groups is 1. The molecule has 1 aliphatic rings. The van der Waals surface area contributed by atoms with Crippen molar-refractivity contribution in [3.05, 3.63) is 47.8 Å². The number of benzene rings is 1. The van der Waals surface area contributed by atoms with Gasteiger partial charge in [0.25, 0.3) is 5.91 Å². The van der Waals surface area contributed by atoms with Crippen LogP contribution in [-0.2, 0) is 9.84 Å². The number of amides is 1. The third kappa shape index (κ3) is 3.96. The smallest absolute Gasteiger partial charge is 0.274 e. The van der Waals surface area contributed by atoms with Gasteiger partial charge in [-0.3, -0.25) is 4.79 Å². The van der Waals surface area contributed by atoms with Crippen molar-refractivity contribution in [3.8, 4) is 0 Å². The van der Waals surface area contributed by atoms with Crippen LogP contribution in [0.25, 0.3) is 0 Å². The van der Waals surface area contributed by atoms with Crippen LogP contribution in [0.1, 0.15) is 22.5 Å². The van der Waals surface area contributed by atoms with E-state index in [2.05, 4.69) is 15.3 Å². The number of para-hydroxylation sites is 1. The van der Waals surface area contributed by atoms with Gasteiger partial charge in [-0.15, -0.1) is 0 Å². The quantitative estimate of drug-likeness (QED) is 0.891. The van der Waals surface area contributed by atoms with Gasteiger partial charge in [-0.2, -0.15) is 0 Å². The predicted octanol–water partition coefficient (Wildman–Crippen LogP) is 1.66. The molecule has 0 aliphatic carbocycles. The zero-order valence-corrected chi connectivity index (χ0v) is 15.0. The van der Waals surface area contributed by atoms with E-state index in [-0.39, 0.29) is 29.1 Å². The summed E-state index contributed by atoms with van der Waals surface area (Å²) in [5, 5.41) is 2.83. The Kier molecular flexibility index (Phi) is 4.71. The van der Waals surface area contributed by atoms with Crippen LogP contribution in [-0.4, -0.2) is 48.9 Å². The molecule has 1 aromatic heterocycles. The number of nitrogens with zero attached hydrogens (tertiary/aromatic N) is 3. The van der Waals surface area contributed by atoms with E-state index in [1.54, 1.807) is 11.9 Å². The highest BCUT2D eigenvalue weighted by atomic mass is 32.2. The fraction of sp³-hybridized carbons (Fsp3) is 0.353. The molecule has 1 fully saturated rings. The molecule has 0 saturated carbocycles. The van der Waals surface area contributed by atoms with Gasteiger partial charge in [-0.05, 0) is 31.0 Å². The molecule has 1 N–H and O–H groups in total. The minimum atomic E-state index is -3.00. The molecule has 3 rings (SSSR count). The summed E-state index contributed by atoms with van der Waals surface area (Å²) < 4.78 is 23.3. The van der Waals surface area contributed by atoms with E-state index in [4.69, 9.17) is 0 Å². The molecule has 8 heteroatoms. The third-order valence-electron chi connectivity index (χ3n) is 4.34. The van der Waals surface area contributed by atoms with Crippen LogP contribution in [0.5, 0.6) is 0 Å². The molecular weight excluding hydrogens is 340 g/mol. The summed E-state index contributed by atoms with van der Waals surface area (Å²) >= 11 is 0. The number of aromatic nitrogens is 2. The second kappa shape index (κ2) is 6.79. The van der Waals surface area contributed by atoms with Gasteiger partial charge in [0.15, 0.2) is 9.84 Å². The molecule has 132 valence electrons. The highest BCUT2D eigenvalue weighted by Gasteiger charge is 2.31. The standard InChI is InChI=1S/C17H20N4O3S/c1-12-5-3-4-6-14(12)19-16(22)15-7-9-18-17(20-15)21(2)13-8-10-25(23,24)11-13/h3-7,9,13H,8,10-11H2,1-2H3,(H,19,22). The summed E-state index contributed by atoms with van der Waals surface area (Å²) in [6.07, 6.45) is 2.05. The molecular formula is C17H20N4O3S. The average Bonchev–Trinajstić information content (AvgIpc) is 2.96. The minimum Gasteiger partial charge on any atom is -0.340 e. The number of anilines is 2. The number of carbonyl (C=O) groups is 1. The van der Waals surface area contributed by atoms with Crippen LogP contribution in [0.3, 0.4) is 0 Å². The third-order valence-corrected chi connectivity index (χ3v) is 6.09. The van der Waals surface area contributed by atoms with E-state index in [0.717, 1.165) is 11.3 Å². The van der Waals surface area contributed by atoms with Gasteiger partial charge in [-0.1, -0.05) is 18.2 Å². The first-order valence-corrected chi connectivity index (χ1v) is 9.81. The number of aryl methyl sites for hydroxylation is 1. The van der Waals surface area contributed by atoms with Crippen molar-refractivity contribution in [2.24, 2.45) is 0 Å². The Balaban J connectivity index is 1.77. The molecule has 1 unspecified atom stereocenters. The topological polar surface area (TPSA) is 92.3 Å². The summed E-state index contributed by atoms with van der Waals surface area (Å²) in [6.45, 7) is 1.91. The second-order valence-electron chi connectivity index (χ2n) is 6.18. The predicted molar refractivity (Wildman–Crippen MR) is 96.6 cm³/mol. The van der Waals surface area contributed by atoms with Gasteiger partial charge < -0.3 is 10.2 Å². The van der Waals surface area contributed by atoms with E-state index in [1.807, 2.05) is 31.2 Å². The second-order valence-corrected chi connectivity index (χ2v) is 8.41. The monoisotopic (exact) mass is 360 g/mol. The minimum absolute atomic E-state index is 0.0898. The van der Waals surface area contributed by atoms with E-state index in [0.29, 0.717) is 12.4 Å². The molecule has 1 aliphatic heterocycles. The first kappa shape index (κ1) is 17.3. The lowest BCUT2D eigenvalue weighted by molar-refractivity contribution is 0.102. The van der Waals surface area contributed by atoms with Crippen molar-refractivity contribution in [2.75, 3.05) is 28.8 Å². The molecule has 1 saturated heterocycles. The van der Waals surface area contributed by atoms with Crippen molar-refractivity contribution < 1.29 is 13.2 Å². The van der Waals surface area contributed by atoms with Crippen molar-refractivity contribution in [2.45, 2.75) is 19.4 Å². The Morgan fingerprint density at radius 3 is 2.72 bits per heavy atom. The Bertz CT molecular complexity index is 898. The van der Waals surface area contributed by atoms with Crippen LogP contribution in [0.4, 0.5) is 11.6 Å². The summed E-state index contributed by atoms with van der Waals surface area (Å²) in [7, 11) is -1.24. The number of nitrogens with one attached hydrogen (secondary N) is 1. The molecule has 0 radical (unpaired) electrons. The van der Waals surface area contributed by atoms with Gasteiger partial charge in [0.05, 0.1) is 11.5 Å². The summed E-state index contributed by atoms with van der Waals surface area (Å²) in [6, 6.07) is 8.86. The average molecular weight is 360 g/mol. The molecule has 25 heavy (non-hydrogen) atoms. The lowest BCUT2D eigenvalue weighted by Gasteiger charge is -2.23. The van der Waals surface area contributed by atoms with Crippen molar-refractivity contribution in [3.63, 3.8) is 0 Å². The van der Waals surface area contributed by atoms with Crippen molar-refractivity contribution >= 4 is 27.4 Å². The Morgan fingerprint density at radius 1 is 1.28 bits per heavy atom. The maximum atomic E-state index is 12.4. The van der Waals surface area contributed by atoms with Gasteiger partial charge in [0, 0.05) is 25.0 Å². The van der Waals surface area contributed by atoms with E-state index in [9.17, 15) is 13.2 Å². The molecule has 1 amide bonds. The molecule has 0 spiro atoms. The van der Waals surface area contributed by atoms with Crippen LogP contribution in [0.15, 0.2) is 36.5 Å². The van der Waals surface area contributed by atoms with E-state index < -0.39 is 9.84 Å². The zero-order chi connectivity index (χ0) is 18.0. The largest absolute Gasteiger partial charge is 0.340 e. The maximum Gasteiger partial charge on any atom is 0.274 e. The lowest BCUT2D eigenvalue weighted by atomic mass is 10.2. The molecule has 2 heterocycles. The first-order chi connectivity index (χ1) is 11.9. The number of hydrogen-bond donors (Lipinski definition) is 1. The Labute approximate surface area is 147 Å². The molecule has 2 aromatic rings. The summed E-state index contributed by atoms with van der Waals surface area (Å²) in [4.78, 5) is 22.7. The van der Waals surface area contributed by atoms with Gasteiger partial charge in [0.2, 0.25) is 5.95 Å². The fourth-order valence-electron chi connectivity index (χ4n) is 2.79. The molecule has 1 aromatic carbocycles. The summed E-state index contributed by atoms with van der Waals surface area (Å²) in [5.74, 6) is 0.284. The highest BCUT2D eigenvalue weighted by Crippen LogP contribution is 2.20. The molecule has 7 nitrogen and oxygen atoms in total. The van der Waals surface area contributed by atoms with Crippen molar-refractivity contribution in [1.29, 1.82) is 0 Å². The molecule has 1 atom stereocenters. The SMILES string of the molecule is Cc1ccccc1NC(=O)c1ccnc(N(C)C2CCS(=O)(=O)C2)n1. The maximum absolute atomic E-state index is 12.4. The van der Waals surface area contributed by atoms with E-state index >= 15 is 0 Å². The van der Waals surface area contributed by atoms with E-state index in [1.165, 1.54) is 12.3 Å². The number of hydrogen-bond acceptors (Lipinski definition) is 6. The summed E-state index contributed by atoms with van der Waals surface area (Å²) in [5.41, 5.74) is 1.92. The Morgan fingerprint density at radius 2 is 2.04 bits per heavy atom. The van der Waals surface area contributed by atoms with Crippen molar-refractivity contribution in [1.82, 2.24) is 9.97 Å².